The van der Waals surface area contributed by atoms with Crippen LogP contribution in [0.15, 0.2) is 60.8 Å². The Balaban J connectivity index is 1.71. The molecular formula is C20H23N5O. The Morgan fingerprint density at radius 1 is 1.00 bits per heavy atom. The minimum Gasteiger partial charge on any atom is -0.455 e. The summed E-state index contributed by atoms with van der Waals surface area (Å²) in [6.45, 7) is 5.23. The van der Waals surface area contributed by atoms with Gasteiger partial charge in [-0.05, 0) is 36.6 Å². The SMILES string of the molecule is CC(C)CCNc1cnnc(Nc2ccccc2Oc2ccccc2)n1. The van der Waals surface area contributed by atoms with Crippen LogP contribution in [-0.2, 0) is 0 Å². The van der Waals surface area contributed by atoms with Crippen LogP contribution in [0.2, 0.25) is 0 Å². The lowest BCUT2D eigenvalue weighted by atomic mass is 10.1. The third-order valence-corrected chi connectivity index (χ3v) is 3.69. The van der Waals surface area contributed by atoms with Crippen molar-refractivity contribution in [3.63, 3.8) is 0 Å². The molecule has 0 aliphatic carbocycles. The molecule has 0 amide bonds. The predicted molar refractivity (Wildman–Crippen MR) is 104 cm³/mol. The highest BCUT2D eigenvalue weighted by Gasteiger charge is 2.07. The molecule has 2 aromatic carbocycles. The first-order valence-electron chi connectivity index (χ1n) is 8.73. The number of ether oxygens (including phenoxy) is 1. The number of anilines is 3. The average Bonchev–Trinajstić information content (AvgIpc) is 2.64. The fraction of sp³-hybridized carbons (Fsp3) is 0.250. The minimum absolute atomic E-state index is 0.420. The Morgan fingerprint density at radius 3 is 2.58 bits per heavy atom. The van der Waals surface area contributed by atoms with Gasteiger partial charge in [0.15, 0.2) is 11.6 Å². The van der Waals surface area contributed by atoms with Crippen LogP contribution in [0, 0.1) is 5.92 Å². The van der Waals surface area contributed by atoms with Crippen molar-refractivity contribution in [2.45, 2.75) is 20.3 Å². The van der Waals surface area contributed by atoms with Crippen molar-refractivity contribution >= 4 is 17.5 Å². The van der Waals surface area contributed by atoms with E-state index in [4.69, 9.17) is 4.74 Å². The Labute approximate surface area is 153 Å². The summed E-state index contributed by atoms with van der Waals surface area (Å²) in [5, 5.41) is 14.5. The Kier molecular flexibility index (Phi) is 5.98. The highest BCUT2D eigenvalue weighted by molar-refractivity contribution is 5.63. The third kappa shape index (κ3) is 5.17. The van der Waals surface area contributed by atoms with Gasteiger partial charge in [-0.2, -0.15) is 10.1 Å². The molecule has 0 unspecified atom stereocenters. The molecule has 6 nitrogen and oxygen atoms in total. The van der Waals surface area contributed by atoms with Crippen molar-refractivity contribution in [2.75, 3.05) is 17.2 Å². The Hall–Kier alpha value is -3.15. The highest BCUT2D eigenvalue weighted by atomic mass is 16.5. The summed E-state index contributed by atoms with van der Waals surface area (Å²) in [6, 6.07) is 17.3. The lowest BCUT2D eigenvalue weighted by molar-refractivity contribution is 0.485. The van der Waals surface area contributed by atoms with E-state index in [0.29, 0.717) is 23.4 Å². The first-order valence-corrected chi connectivity index (χ1v) is 8.73. The van der Waals surface area contributed by atoms with E-state index < -0.39 is 0 Å². The Bertz CT molecular complexity index is 823. The minimum atomic E-state index is 0.420. The fourth-order valence-corrected chi connectivity index (χ4v) is 2.33. The molecule has 3 aromatic rings. The van der Waals surface area contributed by atoms with E-state index in [1.165, 1.54) is 0 Å². The molecule has 2 N–H and O–H groups in total. The molecule has 0 aliphatic heterocycles. The molecule has 1 aromatic heterocycles. The molecule has 0 saturated heterocycles. The first-order chi connectivity index (χ1) is 12.7. The van der Waals surface area contributed by atoms with Gasteiger partial charge in [-0.25, -0.2) is 0 Å². The molecule has 0 aliphatic rings. The van der Waals surface area contributed by atoms with Gasteiger partial charge < -0.3 is 15.4 Å². The number of para-hydroxylation sites is 3. The number of nitrogens with one attached hydrogen (secondary N) is 2. The third-order valence-electron chi connectivity index (χ3n) is 3.69. The Morgan fingerprint density at radius 2 is 1.77 bits per heavy atom. The molecule has 3 rings (SSSR count). The van der Waals surface area contributed by atoms with Crippen molar-refractivity contribution in [1.82, 2.24) is 15.2 Å². The number of hydrogen-bond acceptors (Lipinski definition) is 6. The quantitative estimate of drug-likeness (QED) is 0.605. The average molecular weight is 349 g/mol. The molecule has 0 bridgehead atoms. The number of rotatable bonds is 8. The van der Waals surface area contributed by atoms with Gasteiger partial charge in [0.2, 0.25) is 5.95 Å². The van der Waals surface area contributed by atoms with Crippen LogP contribution in [0.4, 0.5) is 17.5 Å². The van der Waals surface area contributed by atoms with E-state index in [0.717, 1.165) is 24.4 Å². The van der Waals surface area contributed by atoms with E-state index in [1.807, 2.05) is 54.6 Å². The van der Waals surface area contributed by atoms with Crippen LogP contribution in [0.25, 0.3) is 0 Å². The maximum atomic E-state index is 5.95. The first kappa shape index (κ1) is 17.7. The van der Waals surface area contributed by atoms with Crippen LogP contribution in [0.1, 0.15) is 20.3 Å². The summed E-state index contributed by atoms with van der Waals surface area (Å²) < 4.78 is 5.95. The zero-order valence-corrected chi connectivity index (χ0v) is 15.0. The summed E-state index contributed by atoms with van der Waals surface area (Å²) in [5.74, 6) is 3.22. The normalized spacial score (nSPS) is 10.6. The van der Waals surface area contributed by atoms with E-state index in [1.54, 1.807) is 6.20 Å². The second kappa shape index (κ2) is 8.80. The van der Waals surface area contributed by atoms with E-state index >= 15 is 0 Å². The van der Waals surface area contributed by atoms with E-state index in [9.17, 15) is 0 Å². The molecule has 0 atom stereocenters. The van der Waals surface area contributed by atoms with Crippen molar-refractivity contribution in [2.24, 2.45) is 5.92 Å². The summed E-state index contributed by atoms with van der Waals surface area (Å²) >= 11 is 0. The van der Waals surface area contributed by atoms with Crippen LogP contribution in [0.3, 0.4) is 0 Å². The van der Waals surface area contributed by atoms with E-state index in [2.05, 4.69) is 39.7 Å². The van der Waals surface area contributed by atoms with Crippen LogP contribution in [-0.4, -0.2) is 21.7 Å². The molecule has 0 saturated carbocycles. The summed E-state index contributed by atoms with van der Waals surface area (Å²) in [4.78, 5) is 4.46. The molecule has 26 heavy (non-hydrogen) atoms. The lowest BCUT2D eigenvalue weighted by Crippen LogP contribution is -2.08. The molecule has 134 valence electrons. The van der Waals surface area contributed by atoms with Gasteiger partial charge in [-0.1, -0.05) is 44.2 Å². The van der Waals surface area contributed by atoms with Gasteiger partial charge in [0.05, 0.1) is 11.9 Å². The summed E-state index contributed by atoms with van der Waals surface area (Å²) in [7, 11) is 0. The summed E-state index contributed by atoms with van der Waals surface area (Å²) in [5.41, 5.74) is 0.775. The van der Waals surface area contributed by atoms with Gasteiger partial charge in [-0.15, -0.1) is 5.10 Å². The van der Waals surface area contributed by atoms with Crippen molar-refractivity contribution in [3.8, 4) is 11.5 Å². The maximum absolute atomic E-state index is 5.95. The van der Waals surface area contributed by atoms with Crippen LogP contribution < -0.4 is 15.4 Å². The number of benzene rings is 2. The standard InChI is InChI=1S/C20H23N5O/c1-15(2)12-13-21-19-14-22-25-20(24-19)23-17-10-6-7-11-18(17)26-16-8-4-3-5-9-16/h3-11,14-15H,12-13H2,1-2H3,(H2,21,23,24,25). The molecule has 0 radical (unpaired) electrons. The monoisotopic (exact) mass is 349 g/mol. The smallest absolute Gasteiger partial charge is 0.249 e. The molecular weight excluding hydrogens is 326 g/mol. The zero-order valence-electron chi connectivity index (χ0n) is 15.0. The largest absolute Gasteiger partial charge is 0.455 e. The maximum Gasteiger partial charge on any atom is 0.249 e. The highest BCUT2D eigenvalue weighted by Crippen LogP contribution is 2.30. The van der Waals surface area contributed by atoms with Gasteiger partial charge in [0.1, 0.15) is 5.75 Å². The number of hydrogen-bond donors (Lipinski definition) is 2. The molecule has 0 spiro atoms. The second-order valence-electron chi connectivity index (χ2n) is 6.31. The zero-order chi connectivity index (χ0) is 18.2. The predicted octanol–water partition coefficient (Wildman–Crippen LogP) is 4.87. The molecule has 0 fully saturated rings. The molecule has 1 heterocycles. The number of aromatic nitrogens is 3. The number of nitrogens with zero attached hydrogens (tertiary/aromatic N) is 3. The second-order valence-corrected chi connectivity index (χ2v) is 6.31. The van der Waals surface area contributed by atoms with Crippen LogP contribution >= 0.6 is 0 Å². The fourth-order valence-electron chi connectivity index (χ4n) is 2.33. The summed E-state index contributed by atoms with van der Waals surface area (Å²) in [6.07, 6.45) is 2.69. The lowest BCUT2D eigenvalue weighted by Gasteiger charge is -2.12. The van der Waals surface area contributed by atoms with Crippen molar-refractivity contribution in [3.05, 3.63) is 60.8 Å². The van der Waals surface area contributed by atoms with Crippen LogP contribution in [0.5, 0.6) is 11.5 Å². The van der Waals surface area contributed by atoms with Crippen molar-refractivity contribution < 1.29 is 4.74 Å². The van der Waals surface area contributed by atoms with Gasteiger partial charge in [0, 0.05) is 6.54 Å². The van der Waals surface area contributed by atoms with Gasteiger partial charge in [-0.3, -0.25) is 0 Å². The van der Waals surface area contributed by atoms with Gasteiger partial charge >= 0.3 is 0 Å². The van der Waals surface area contributed by atoms with E-state index in [-0.39, 0.29) is 0 Å². The molecule has 6 heteroatoms. The topological polar surface area (TPSA) is 72.0 Å². The van der Waals surface area contributed by atoms with Gasteiger partial charge in [0.25, 0.3) is 0 Å². The van der Waals surface area contributed by atoms with Crippen molar-refractivity contribution in [1.29, 1.82) is 0 Å².